The number of ether oxygens (including phenoxy) is 5. The first-order valence-electron chi connectivity index (χ1n) is 21.0. The molecule has 0 spiro atoms. The monoisotopic (exact) mass is 965 g/mol. The van der Waals surface area contributed by atoms with Crippen LogP contribution in [0, 0.1) is 0 Å². The molecule has 64 heavy (non-hydrogen) atoms. The Bertz CT molecular complexity index is 2750. The van der Waals surface area contributed by atoms with Crippen LogP contribution in [0.25, 0.3) is 11.2 Å². The van der Waals surface area contributed by atoms with Crippen LogP contribution >= 0.6 is 22.6 Å². The van der Waals surface area contributed by atoms with Gasteiger partial charge in [-0.25, -0.2) is 15.0 Å². The predicted molar refractivity (Wildman–Crippen MR) is 256 cm³/mol. The Morgan fingerprint density at radius 1 is 0.578 bits per heavy atom. The predicted octanol–water partition coefficient (Wildman–Crippen LogP) is 9.29. The number of imidazole rings is 1. The smallest absolute Gasteiger partial charge is 0.168 e. The molecular weight excluding hydrogens is 918 g/mol. The lowest BCUT2D eigenvalue weighted by Gasteiger charge is -2.37. The van der Waals surface area contributed by atoms with Crippen LogP contribution in [-0.4, -0.2) is 69.7 Å². The third kappa shape index (κ3) is 7.19. The summed E-state index contributed by atoms with van der Waals surface area (Å²) in [7, 11) is 6.62. The molecule has 0 amide bonds. The first kappa shape index (κ1) is 42.8. The number of rotatable bonds is 14. The molecule has 3 heterocycles. The molecule has 0 saturated carbocycles. The fraction of sp³-hybridized carbons (Fsp3) is 0.212. The van der Waals surface area contributed by atoms with Gasteiger partial charge >= 0.3 is 0 Å². The van der Waals surface area contributed by atoms with E-state index in [1.165, 1.54) is 0 Å². The van der Waals surface area contributed by atoms with E-state index in [2.05, 4.69) is 75.7 Å². The van der Waals surface area contributed by atoms with Gasteiger partial charge in [-0.1, -0.05) is 132 Å². The number of fused-ring (bicyclic) bond motifs is 1. The molecule has 1 fully saturated rings. The Labute approximate surface area is 386 Å². The second-order valence-corrected chi connectivity index (χ2v) is 17.2. The molecule has 1 unspecified atom stereocenters. The largest absolute Gasteiger partial charge is 0.497 e. The fourth-order valence-corrected chi connectivity index (χ4v) is 10.3. The maximum absolute atomic E-state index is 10.6. The molecular formula is C52H48IN5O6. The van der Waals surface area contributed by atoms with Crippen molar-refractivity contribution in [1.82, 2.24) is 19.5 Å². The molecule has 6 aromatic carbocycles. The lowest BCUT2D eigenvalue weighted by Crippen LogP contribution is -2.36. The summed E-state index contributed by atoms with van der Waals surface area (Å²) in [5.74, 6) is 4.05. The fourth-order valence-electron chi connectivity index (χ4n) is 9.23. The van der Waals surface area contributed by atoms with Gasteiger partial charge in [-0.15, -0.1) is 0 Å². The van der Waals surface area contributed by atoms with Gasteiger partial charge in [0.05, 0.1) is 45.1 Å². The van der Waals surface area contributed by atoms with Gasteiger partial charge in [0, 0.05) is 0 Å². The third-order valence-electron chi connectivity index (χ3n) is 12.3. The van der Waals surface area contributed by atoms with E-state index < -0.39 is 23.2 Å². The number of alkyl halides is 1. The van der Waals surface area contributed by atoms with Gasteiger partial charge < -0.3 is 34.5 Å². The quantitative estimate of drug-likeness (QED) is 0.0617. The van der Waals surface area contributed by atoms with Crippen molar-refractivity contribution in [3.05, 3.63) is 203 Å². The number of hydrogen-bond donors (Lipinski definition) is 2. The van der Waals surface area contributed by atoms with E-state index in [0.29, 0.717) is 52.2 Å². The maximum atomic E-state index is 10.6. The van der Waals surface area contributed by atoms with Gasteiger partial charge in [0.2, 0.25) is 0 Å². The number of aromatic nitrogens is 4. The van der Waals surface area contributed by atoms with Gasteiger partial charge in [0.25, 0.3) is 0 Å². The highest BCUT2D eigenvalue weighted by Gasteiger charge is 2.48. The summed E-state index contributed by atoms with van der Waals surface area (Å²) in [6.07, 6.45) is -0.456. The number of anilines is 1. The second kappa shape index (κ2) is 17.9. The van der Waals surface area contributed by atoms with Crippen LogP contribution < -0.4 is 24.7 Å². The van der Waals surface area contributed by atoms with E-state index >= 15 is 0 Å². The summed E-state index contributed by atoms with van der Waals surface area (Å²) >= 11 is 2.43. The van der Waals surface area contributed by atoms with Crippen molar-refractivity contribution >= 4 is 39.6 Å². The summed E-state index contributed by atoms with van der Waals surface area (Å²) < 4.78 is 31.5. The van der Waals surface area contributed by atoms with E-state index in [1.54, 1.807) is 28.4 Å². The minimum absolute atomic E-state index is 0.104. The van der Waals surface area contributed by atoms with Crippen LogP contribution in [0.15, 0.2) is 158 Å². The first-order valence-corrected chi connectivity index (χ1v) is 22.2. The van der Waals surface area contributed by atoms with E-state index in [0.717, 1.165) is 33.4 Å². The first-order chi connectivity index (χ1) is 31.3. The van der Waals surface area contributed by atoms with E-state index in [1.807, 2.05) is 109 Å². The molecule has 2 aromatic heterocycles. The van der Waals surface area contributed by atoms with Crippen molar-refractivity contribution in [2.24, 2.45) is 0 Å². The number of aliphatic hydroxyl groups excluding tert-OH is 1. The molecule has 9 rings (SSSR count). The molecule has 0 bridgehead atoms. The molecule has 8 aromatic rings. The third-order valence-corrected chi connectivity index (χ3v) is 13.5. The van der Waals surface area contributed by atoms with Crippen molar-refractivity contribution in [2.45, 2.75) is 33.5 Å². The van der Waals surface area contributed by atoms with Gasteiger partial charge in [0.1, 0.15) is 45.9 Å². The van der Waals surface area contributed by atoms with Crippen LogP contribution in [0.4, 0.5) is 5.82 Å². The number of hydrogen-bond acceptors (Lipinski definition) is 10. The van der Waals surface area contributed by atoms with Crippen LogP contribution in [-0.2, 0) is 15.6 Å². The van der Waals surface area contributed by atoms with Crippen molar-refractivity contribution in [3.63, 3.8) is 0 Å². The number of methoxy groups -OCH3 is 4. The highest BCUT2D eigenvalue weighted by molar-refractivity contribution is 14.1. The maximum Gasteiger partial charge on any atom is 0.168 e. The lowest BCUT2D eigenvalue weighted by molar-refractivity contribution is -0.0205. The number of halogens is 1. The molecule has 0 aliphatic carbocycles. The number of benzene rings is 6. The van der Waals surface area contributed by atoms with Gasteiger partial charge in [-0.2, -0.15) is 0 Å². The van der Waals surface area contributed by atoms with Crippen molar-refractivity contribution < 1.29 is 28.8 Å². The highest BCUT2D eigenvalue weighted by atomic mass is 127. The minimum Gasteiger partial charge on any atom is -0.497 e. The number of nitrogen functional groups attached to an aromatic ring is 1. The highest BCUT2D eigenvalue weighted by Crippen LogP contribution is 2.51. The summed E-state index contributed by atoms with van der Waals surface area (Å²) in [4.78, 5) is 16.5. The molecule has 1 saturated heterocycles. The second-order valence-electron chi connectivity index (χ2n) is 15.6. The molecule has 1 aliphatic heterocycles. The Hall–Kier alpha value is -6.48. The Morgan fingerprint density at radius 3 is 1.36 bits per heavy atom. The normalized spacial score (nSPS) is 16.4. The Balaban J connectivity index is 1.45. The Morgan fingerprint density at radius 2 is 0.969 bits per heavy atom. The number of nitrogens with two attached hydrogens (primary N) is 1. The zero-order chi connectivity index (χ0) is 44.4. The molecule has 3 atom stereocenters. The average molecular weight is 966 g/mol. The van der Waals surface area contributed by atoms with Gasteiger partial charge in [-0.05, 0) is 88.3 Å². The van der Waals surface area contributed by atoms with E-state index in [-0.39, 0.29) is 16.3 Å². The molecule has 324 valence electrons. The van der Waals surface area contributed by atoms with Crippen molar-refractivity contribution in [3.8, 4) is 23.0 Å². The summed E-state index contributed by atoms with van der Waals surface area (Å²) in [6.45, 7) is -0.146. The summed E-state index contributed by atoms with van der Waals surface area (Å²) in [6, 6.07) is 52.6. The topological polar surface area (TPSA) is 136 Å². The minimum atomic E-state index is -1.12. The molecule has 1 aliphatic rings. The van der Waals surface area contributed by atoms with Crippen molar-refractivity contribution in [2.75, 3.05) is 40.8 Å². The number of nitrogens with zero attached hydrogens (tertiary/aromatic N) is 4. The zero-order valence-electron chi connectivity index (χ0n) is 35.9. The van der Waals surface area contributed by atoms with Crippen LogP contribution in [0.2, 0.25) is 0 Å². The van der Waals surface area contributed by atoms with Crippen molar-refractivity contribution in [1.29, 1.82) is 0 Å². The molecule has 12 heteroatoms. The molecule has 3 N–H and O–H groups in total. The van der Waals surface area contributed by atoms with Gasteiger partial charge in [-0.3, -0.25) is 4.57 Å². The molecule has 11 nitrogen and oxygen atoms in total. The molecule has 0 radical (unpaired) electrons. The standard InChI is InChI=1S/C52H48IN5O6/c1-60-39-23-15-35(16-24-39)51(33-11-7-5-8-12-33,36-17-25-40(61-2)26-18-36)49-56-46(54)45-47(57-49)58(48-44(53)31-43(32-59)64-48)50(55-45)52(34-13-9-6-10-14-34,37-19-27-41(62-3)28-20-37)38-21-29-42(63-4)30-22-38/h5-30,43-44,48,59H,31-32H2,1-4H3,(H2,54,56,57)/t43?,44-,48-/m1/s1. The van der Waals surface area contributed by atoms with E-state index in [9.17, 15) is 5.11 Å². The zero-order valence-corrected chi connectivity index (χ0v) is 38.0. The Kier molecular flexibility index (Phi) is 12.0. The summed E-state index contributed by atoms with van der Waals surface area (Å²) in [5, 5.41) is 10.6. The average Bonchev–Trinajstić information content (AvgIpc) is 3.93. The summed E-state index contributed by atoms with van der Waals surface area (Å²) in [5.41, 5.74) is 11.4. The SMILES string of the molecule is COc1ccc(C(c2ccccc2)(c2ccc(OC)cc2)c2nc(N)c3nc(C(c4ccccc4)(c4ccc(OC)cc4)c4ccc(OC)cc4)n([C@@H]4OC(CO)C[C@H]4I)c3n2)cc1. The van der Waals surface area contributed by atoms with Crippen LogP contribution in [0.3, 0.4) is 0 Å². The number of aliphatic hydroxyl groups is 1. The lowest BCUT2D eigenvalue weighted by atomic mass is 9.68. The van der Waals surface area contributed by atoms with Crippen LogP contribution in [0.5, 0.6) is 23.0 Å². The van der Waals surface area contributed by atoms with Crippen LogP contribution in [0.1, 0.15) is 57.7 Å². The van der Waals surface area contributed by atoms with E-state index in [4.69, 9.17) is 44.4 Å². The van der Waals surface area contributed by atoms with Gasteiger partial charge in [0.15, 0.2) is 22.8 Å².